The van der Waals surface area contributed by atoms with Crippen LogP contribution in [0.2, 0.25) is 0 Å². The maximum absolute atomic E-state index is 13.8. The fraction of sp³-hybridized carbons (Fsp3) is 0.143. The molecule has 0 atom stereocenters. The first-order valence-corrected chi connectivity index (χ1v) is 6.11. The van der Waals surface area contributed by atoms with Crippen LogP contribution >= 0.6 is 0 Å². The number of phenolic OH excluding ortho intramolecular Hbond substituents is 2. The van der Waals surface area contributed by atoms with Gasteiger partial charge in [-0.15, -0.1) is 0 Å². The van der Waals surface area contributed by atoms with Gasteiger partial charge in [0.05, 0.1) is 11.4 Å². The summed E-state index contributed by atoms with van der Waals surface area (Å²) < 4.78 is 65.5. The van der Waals surface area contributed by atoms with Gasteiger partial charge in [-0.25, -0.2) is 0 Å². The van der Waals surface area contributed by atoms with Crippen molar-refractivity contribution >= 4 is 11.4 Å². The lowest BCUT2D eigenvalue weighted by Crippen LogP contribution is -2.34. The van der Waals surface area contributed by atoms with E-state index < -0.39 is 34.7 Å². The first kappa shape index (κ1) is 16.7. The number of benzene rings is 2. The van der Waals surface area contributed by atoms with Gasteiger partial charge in [-0.05, 0) is 35.4 Å². The predicted molar refractivity (Wildman–Crippen MR) is 74.0 cm³/mol. The summed E-state index contributed by atoms with van der Waals surface area (Å²) in [4.78, 5) is 0. The zero-order valence-electron chi connectivity index (χ0n) is 11.3. The van der Waals surface area contributed by atoms with E-state index in [1.807, 2.05) is 0 Å². The van der Waals surface area contributed by atoms with E-state index in [1.54, 1.807) is 0 Å². The Bertz CT molecular complexity index is 760. The van der Waals surface area contributed by atoms with Gasteiger partial charge in [0.2, 0.25) is 0 Å². The van der Waals surface area contributed by atoms with Crippen molar-refractivity contribution < 1.29 is 32.2 Å². The summed E-state index contributed by atoms with van der Waals surface area (Å²) in [5, 5.41) is 18.9. The number of nitrogen functional groups attached to an aromatic ring is 2. The van der Waals surface area contributed by atoms with Gasteiger partial charge in [-0.2, -0.15) is 22.0 Å². The molecule has 2 rings (SSSR count). The highest BCUT2D eigenvalue weighted by Gasteiger charge is 2.59. The lowest BCUT2D eigenvalue weighted by Gasteiger charge is -2.23. The van der Waals surface area contributed by atoms with Crippen LogP contribution in [0.15, 0.2) is 30.3 Å². The van der Waals surface area contributed by atoms with Crippen LogP contribution in [0.5, 0.6) is 11.5 Å². The number of phenols is 2. The Morgan fingerprint density at radius 2 is 1.35 bits per heavy atom. The second kappa shape index (κ2) is 5.18. The quantitative estimate of drug-likeness (QED) is 0.384. The summed E-state index contributed by atoms with van der Waals surface area (Å²) >= 11 is 0. The molecular formula is C14H11F5N2O2. The van der Waals surface area contributed by atoms with Crippen molar-refractivity contribution in [1.82, 2.24) is 0 Å². The monoisotopic (exact) mass is 334 g/mol. The minimum absolute atomic E-state index is 0.144. The summed E-state index contributed by atoms with van der Waals surface area (Å²) in [6.07, 6.45) is -5.85. The lowest BCUT2D eigenvalue weighted by molar-refractivity contribution is -0.289. The molecule has 124 valence electrons. The highest BCUT2D eigenvalue weighted by atomic mass is 19.4. The normalized spacial score (nSPS) is 12.4. The van der Waals surface area contributed by atoms with E-state index in [0.717, 1.165) is 18.2 Å². The Labute approximate surface area is 126 Å². The van der Waals surface area contributed by atoms with Gasteiger partial charge in [0, 0.05) is 5.56 Å². The average Bonchev–Trinajstić information content (AvgIpc) is 2.43. The molecule has 23 heavy (non-hydrogen) atoms. The summed E-state index contributed by atoms with van der Waals surface area (Å²) in [6.45, 7) is 0. The van der Waals surface area contributed by atoms with Crippen LogP contribution in [-0.2, 0) is 5.92 Å². The molecule has 0 fully saturated rings. The third-order valence-electron chi connectivity index (χ3n) is 3.20. The van der Waals surface area contributed by atoms with E-state index in [-0.39, 0.29) is 17.0 Å². The Kier molecular flexibility index (Phi) is 3.75. The molecule has 4 nitrogen and oxygen atoms in total. The molecule has 0 radical (unpaired) electrons. The van der Waals surface area contributed by atoms with Crippen LogP contribution in [-0.4, -0.2) is 16.4 Å². The summed E-state index contributed by atoms with van der Waals surface area (Å²) in [5.41, 5.74) is 7.65. The Morgan fingerprint density at radius 3 is 1.87 bits per heavy atom. The number of alkyl halides is 5. The maximum atomic E-state index is 13.8. The number of rotatable bonds is 2. The SMILES string of the molecule is Nc1cc(-c2cc(O)c(N)cc2C(F)(F)C(F)(F)F)ccc1O. The molecule has 0 heterocycles. The molecule has 0 aromatic heterocycles. The standard InChI is InChI=1S/C14H11F5N2O2/c15-13(16,14(17,18)19)8-5-10(21)12(23)4-7(8)6-1-2-11(22)9(20)3-6/h1-5,22-23H,20-21H2. The fourth-order valence-corrected chi connectivity index (χ4v) is 1.98. The van der Waals surface area contributed by atoms with Gasteiger partial charge in [0.1, 0.15) is 11.5 Å². The molecule has 9 heteroatoms. The topological polar surface area (TPSA) is 92.5 Å². The molecular weight excluding hydrogens is 323 g/mol. The minimum Gasteiger partial charge on any atom is -0.506 e. The van der Waals surface area contributed by atoms with Gasteiger partial charge in [0.25, 0.3) is 0 Å². The minimum atomic E-state index is -5.85. The zero-order valence-corrected chi connectivity index (χ0v) is 11.3. The van der Waals surface area contributed by atoms with E-state index in [2.05, 4.69) is 0 Å². The van der Waals surface area contributed by atoms with Crippen molar-refractivity contribution in [2.75, 3.05) is 11.5 Å². The van der Waals surface area contributed by atoms with Crippen LogP contribution in [0.3, 0.4) is 0 Å². The molecule has 0 amide bonds. The van der Waals surface area contributed by atoms with E-state index in [9.17, 15) is 32.2 Å². The third kappa shape index (κ3) is 2.81. The Morgan fingerprint density at radius 1 is 0.783 bits per heavy atom. The zero-order chi connectivity index (χ0) is 17.6. The van der Waals surface area contributed by atoms with Crippen LogP contribution in [0, 0.1) is 0 Å². The van der Waals surface area contributed by atoms with Crippen molar-refractivity contribution in [3.63, 3.8) is 0 Å². The fourth-order valence-electron chi connectivity index (χ4n) is 1.98. The molecule has 0 spiro atoms. The van der Waals surface area contributed by atoms with Crippen molar-refractivity contribution in [2.24, 2.45) is 0 Å². The van der Waals surface area contributed by atoms with Gasteiger partial charge in [-0.1, -0.05) is 6.07 Å². The van der Waals surface area contributed by atoms with E-state index in [1.165, 1.54) is 0 Å². The highest BCUT2D eigenvalue weighted by molar-refractivity contribution is 5.77. The first-order chi connectivity index (χ1) is 10.4. The number of nitrogens with two attached hydrogens (primary N) is 2. The average molecular weight is 334 g/mol. The molecule has 0 saturated heterocycles. The van der Waals surface area contributed by atoms with Crippen molar-refractivity contribution in [2.45, 2.75) is 12.1 Å². The molecule has 0 saturated carbocycles. The largest absolute Gasteiger partial charge is 0.506 e. The van der Waals surface area contributed by atoms with Crippen LogP contribution in [0.1, 0.15) is 5.56 Å². The molecule has 2 aromatic carbocycles. The maximum Gasteiger partial charge on any atom is 0.458 e. The van der Waals surface area contributed by atoms with Crippen LogP contribution < -0.4 is 11.5 Å². The number of halogens is 5. The Hall–Kier alpha value is -2.71. The predicted octanol–water partition coefficient (Wildman–Crippen LogP) is 3.58. The van der Waals surface area contributed by atoms with Gasteiger partial charge >= 0.3 is 12.1 Å². The first-order valence-electron chi connectivity index (χ1n) is 6.11. The number of aromatic hydroxyl groups is 2. The molecule has 6 N–H and O–H groups in total. The highest BCUT2D eigenvalue weighted by Crippen LogP contribution is 2.49. The number of hydrogen-bond donors (Lipinski definition) is 4. The molecule has 0 aliphatic heterocycles. The number of anilines is 2. The van der Waals surface area contributed by atoms with Gasteiger partial charge in [-0.3, -0.25) is 0 Å². The van der Waals surface area contributed by atoms with Crippen LogP contribution in [0.4, 0.5) is 33.3 Å². The third-order valence-corrected chi connectivity index (χ3v) is 3.20. The lowest BCUT2D eigenvalue weighted by atomic mass is 9.93. The second-order valence-electron chi connectivity index (χ2n) is 4.80. The van der Waals surface area contributed by atoms with E-state index in [4.69, 9.17) is 11.5 Å². The smallest absolute Gasteiger partial charge is 0.458 e. The van der Waals surface area contributed by atoms with Crippen molar-refractivity contribution in [3.05, 3.63) is 35.9 Å². The van der Waals surface area contributed by atoms with Gasteiger partial charge in [0.15, 0.2) is 0 Å². The Balaban J connectivity index is 2.77. The molecule has 0 unspecified atom stereocenters. The molecule has 0 aliphatic carbocycles. The molecule has 0 bridgehead atoms. The van der Waals surface area contributed by atoms with Gasteiger partial charge < -0.3 is 21.7 Å². The van der Waals surface area contributed by atoms with Crippen LogP contribution in [0.25, 0.3) is 11.1 Å². The molecule has 2 aromatic rings. The molecule has 0 aliphatic rings. The van der Waals surface area contributed by atoms with E-state index >= 15 is 0 Å². The summed E-state index contributed by atoms with van der Waals surface area (Å²) in [7, 11) is 0. The van der Waals surface area contributed by atoms with E-state index in [0.29, 0.717) is 12.1 Å². The number of hydrogen-bond acceptors (Lipinski definition) is 4. The summed E-state index contributed by atoms with van der Waals surface area (Å²) in [6, 6.07) is 4.19. The van der Waals surface area contributed by atoms with Crippen molar-refractivity contribution in [3.8, 4) is 22.6 Å². The second-order valence-corrected chi connectivity index (χ2v) is 4.80. The van der Waals surface area contributed by atoms with Crippen molar-refractivity contribution in [1.29, 1.82) is 0 Å². The summed E-state index contributed by atoms with van der Waals surface area (Å²) in [5.74, 6) is -6.22.